The first kappa shape index (κ1) is 14.2. The van der Waals surface area contributed by atoms with Gasteiger partial charge in [-0.1, -0.05) is 35.5 Å². The van der Waals surface area contributed by atoms with Gasteiger partial charge in [-0.25, -0.2) is 4.98 Å². The number of anilines is 1. The Morgan fingerprint density at radius 2 is 2.10 bits per heavy atom. The Morgan fingerprint density at radius 1 is 1.29 bits per heavy atom. The molecule has 3 rings (SSSR count). The normalized spacial score (nSPS) is 11.2. The van der Waals surface area contributed by atoms with Crippen molar-refractivity contribution in [3.05, 3.63) is 40.5 Å². The van der Waals surface area contributed by atoms with Crippen molar-refractivity contribution in [1.29, 1.82) is 0 Å². The zero-order valence-corrected chi connectivity index (χ0v) is 13.2. The predicted octanol–water partition coefficient (Wildman–Crippen LogP) is 3.20. The van der Waals surface area contributed by atoms with E-state index in [0.29, 0.717) is 16.9 Å². The average Bonchev–Trinajstić information content (AvgIpc) is 2.77. The van der Waals surface area contributed by atoms with Gasteiger partial charge in [0, 0.05) is 23.8 Å². The minimum absolute atomic E-state index is 0.399. The third-order valence-electron chi connectivity index (χ3n) is 3.22. The molecule has 2 heterocycles. The zero-order valence-electron chi connectivity index (χ0n) is 11.7. The molecule has 3 aromatic rings. The Kier molecular flexibility index (Phi) is 3.73. The van der Waals surface area contributed by atoms with E-state index in [1.165, 1.54) is 17.3 Å². The summed E-state index contributed by atoms with van der Waals surface area (Å²) in [7, 11) is 1.83. The van der Waals surface area contributed by atoms with Gasteiger partial charge in [0.25, 0.3) is 0 Å². The van der Waals surface area contributed by atoms with Crippen LogP contribution in [0.5, 0.6) is 0 Å². The number of rotatable bonds is 3. The molecular formula is C14H14ClN5S. The molecule has 0 radical (unpaired) electrons. The average molecular weight is 320 g/mol. The van der Waals surface area contributed by atoms with Crippen molar-refractivity contribution in [2.24, 2.45) is 7.05 Å². The Bertz CT molecular complexity index is 814. The first-order chi connectivity index (χ1) is 10.0. The van der Waals surface area contributed by atoms with E-state index in [4.69, 9.17) is 17.3 Å². The number of nitrogens with zero attached hydrogens (tertiary/aromatic N) is 4. The molecule has 0 aliphatic heterocycles. The summed E-state index contributed by atoms with van der Waals surface area (Å²) in [6.07, 6.45) is 0. The molecule has 1 aromatic carbocycles. The molecule has 21 heavy (non-hydrogen) atoms. The van der Waals surface area contributed by atoms with Crippen molar-refractivity contribution in [2.45, 2.75) is 17.8 Å². The maximum atomic E-state index is 6.27. The molecule has 0 aliphatic carbocycles. The van der Waals surface area contributed by atoms with E-state index in [9.17, 15) is 0 Å². The highest BCUT2D eigenvalue weighted by Crippen LogP contribution is 2.28. The Labute approximate surface area is 131 Å². The summed E-state index contributed by atoms with van der Waals surface area (Å²) in [5.74, 6) is 1.07. The van der Waals surface area contributed by atoms with Gasteiger partial charge in [-0.3, -0.25) is 4.57 Å². The number of pyridine rings is 1. The lowest BCUT2D eigenvalue weighted by atomic mass is 10.1. The molecule has 7 heteroatoms. The molecule has 0 spiro atoms. The minimum Gasteiger partial charge on any atom is -0.368 e. The van der Waals surface area contributed by atoms with Gasteiger partial charge in [0.2, 0.25) is 5.95 Å². The highest BCUT2D eigenvalue weighted by atomic mass is 35.5. The molecule has 108 valence electrons. The van der Waals surface area contributed by atoms with Crippen molar-refractivity contribution < 1.29 is 0 Å². The predicted molar refractivity (Wildman–Crippen MR) is 86.5 cm³/mol. The van der Waals surface area contributed by atoms with Crippen LogP contribution in [0.15, 0.2) is 29.4 Å². The molecule has 0 atom stereocenters. The number of thioether (sulfide) groups is 1. The van der Waals surface area contributed by atoms with Gasteiger partial charge in [-0.05, 0) is 24.6 Å². The van der Waals surface area contributed by atoms with Crippen molar-refractivity contribution in [2.75, 3.05) is 5.73 Å². The van der Waals surface area contributed by atoms with Crippen LogP contribution in [0.1, 0.15) is 11.1 Å². The van der Waals surface area contributed by atoms with Crippen molar-refractivity contribution in [1.82, 2.24) is 19.7 Å². The Balaban J connectivity index is 1.88. The fourth-order valence-corrected chi connectivity index (χ4v) is 3.17. The molecule has 0 aliphatic rings. The summed E-state index contributed by atoms with van der Waals surface area (Å²) in [6.45, 7) is 2.04. The van der Waals surface area contributed by atoms with Gasteiger partial charge in [0.05, 0.1) is 5.52 Å². The second kappa shape index (κ2) is 5.54. The summed E-state index contributed by atoms with van der Waals surface area (Å²) in [5.41, 5.74) is 8.72. The topological polar surface area (TPSA) is 69.6 Å². The third-order valence-corrected chi connectivity index (χ3v) is 4.62. The molecule has 0 unspecified atom stereocenters. The van der Waals surface area contributed by atoms with Gasteiger partial charge in [0.15, 0.2) is 5.16 Å². The number of hydrogen-bond acceptors (Lipinski definition) is 5. The van der Waals surface area contributed by atoms with Crippen molar-refractivity contribution in [3.8, 4) is 0 Å². The fraction of sp³-hybridized carbons (Fsp3) is 0.214. The van der Waals surface area contributed by atoms with E-state index in [2.05, 4.69) is 33.4 Å². The number of benzene rings is 1. The summed E-state index contributed by atoms with van der Waals surface area (Å²) >= 11 is 7.81. The van der Waals surface area contributed by atoms with Gasteiger partial charge in [0.1, 0.15) is 5.15 Å². The van der Waals surface area contributed by atoms with Crippen LogP contribution in [0, 0.1) is 6.92 Å². The van der Waals surface area contributed by atoms with E-state index in [0.717, 1.165) is 21.6 Å². The van der Waals surface area contributed by atoms with Crippen molar-refractivity contribution >= 4 is 40.2 Å². The number of nitrogen functional groups attached to an aromatic ring is 1. The maximum absolute atomic E-state index is 6.27. The van der Waals surface area contributed by atoms with E-state index in [-0.39, 0.29) is 0 Å². The number of aromatic nitrogens is 4. The fourth-order valence-electron chi connectivity index (χ4n) is 1.99. The lowest BCUT2D eigenvalue weighted by Gasteiger charge is -2.06. The molecule has 5 nitrogen and oxygen atoms in total. The number of fused-ring (bicyclic) bond motifs is 1. The largest absolute Gasteiger partial charge is 0.368 e. The van der Waals surface area contributed by atoms with Crippen LogP contribution in [0.2, 0.25) is 5.15 Å². The van der Waals surface area contributed by atoms with Gasteiger partial charge >= 0.3 is 0 Å². The summed E-state index contributed by atoms with van der Waals surface area (Å²) in [6, 6.07) is 8.22. The van der Waals surface area contributed by atoms with E-state index in [1.54, 1.807) is 4.57 Å². The summed E-state index contributed by atoms with van der Waals surface area (Å²) in [5, 5.41) is 10.2. The molecule has 0 bridgehead atoms. The van der Waals surface area contributed by atoms with Crippen LogP contribution in [-0.2, 0) is 12.8 Å². The highest BCUT2D eigenvalue weighted by molar-refractivity contribution is 7.98. The maximum Gasteiger partial charge on any atom is 0.222 e. The molecule has 2 N–H and O–H groups in total. The van der Waals surface area contributed by atoms with E-state index < -0.39 is 0 Å². The van der Waals surface area contributed by atoms with Crippen LogP contribution < -0.4 is 5.73 Å². The van der Waals surface area contributed by atoms with Crippen molar-refractivity contribution in [3.63, 3.8) is 0 Å². The molecular weight excluding hydrogens is 306 g/mol. The van der Waals surface area contributed by atoms with Gasteiger partial charge in [-0.15, -0.1) is 10.2 Å². The molecule has 2 aromatic heterocycles. The van der Waals surface area contributed by atoms with E-state index in [1.807, 2.05) is 20.0 Å². The smallest absolute Gasteiger partial charge is 0.222 e. The number of aryl methyl sites for hydroxylation is 1. The van der Waals surface area contributed by atoms with Gasteiger partial charge in [-0.2, -0.15) is 0 Å². The summed E-state index contributed by atoms with van der Waals surface area (Å²) in [4.78, 5) is 4.46. The van der Waals surface area contributed by atoms with Crippen LogP contribution >= 0.6 is 23.4 Å². The van der Waals surface area contributed by atoms with Crippen LogP contribution in [0.3, 0.4) is 0 Å². The zero-order chi connectivity index (χ0) is 15.0. The quantitative estimate of drug-likeness (QED) is 0.593. The standard InChI is InChI=1S/C14H14ClN5S/c1-8-3-4-9-6-10(12(15)17-11(9)5-8)7-21-14-19-18-13(16)20(14)2/h3-6H,7H2,1-2H3,(H2,16,18). The molecule has 0 fully saturated rings. The Morgan fingerprint density at radius 3 is 2.81 bits per heavy atom. The molecule has 0 saturated carbocycles. The lowest BCUT2D eigenvalue weighted by molar-refractivity contribution is 0.796. The van der Waals surface area contributed by atoms with Gasteiger partial charge < -0.3 is 5.73 Å². The van der Waals surface area contributed by atoms with E-state index >= 15 is 0 Å². The number of nitrogens with two attached hydrogens (primary N) is 1. The van der Waals surface area contributed by atoms with Crippen LogP contribution in [0.4, 0.5) is 5.95 Å². The second-order valence-corrected chi connectivity index (χ2v) is 6.12. The third kappa shape index (κ3) is 2.82. The monoisotopic (exact) mass is 319 g/mol. The van der Waals surface area contributed by atoms with Crippen LogP contribution in [-0.4, -0.2) is 19.7 Å². The Hall–Kier alpha value is -1.79. The molecule has 0 saturated heterocycles. The lowest BCUT2D eigenvalue weighted by Crippen LogP contribution is -1.98. The van der Waals surface area contributed by atoms with Crippen LogP contribution in [0.25, 0.3) is 10.9 Å². The number of hydrogen-bond donors (Lipinski definition) is 1. The highest BCUT2D eigenvalue weighted by Gasteiger charge is 2.10. The SMILES string of the molecule is Cc1ccc2cc(CSc3nnc(N)n3C)c(Cl)nc2c1. The first-order valence-electron chi connectivity index (χ1n) is 6.38. The second-order valence-electron chi connectivity index (χ2n) is 4.82. The number of halogens is 1. The first-order valence-corrected chi connectivity index (χ1v) is 7.74. The minimum atomic E-state index is 0.399. The summed E-state index contributed by atoms with van der Waals surface area (Å²) < 4.78 is 1.75. The molecule has 0 amide bonds.